The number of piperazine rings is 1. The van der Waals surface area contributed by atoms with E-state index in [9.17, 15) is 10.1 Å². The molecule has 0 amide bonds. The maximum absolute atomic E-state index is 11.1. The molecular weight excluding hydrogens is 358 g/mol. The molecule has 0 spiro atoms. The van der Waals surface area contributed by atoms with Crippen LogP contribution in [0, 0.1) is 10.1 Å². The number of rotatable bonds is 6. The highest BCUT2D eigenvalue weighted by Gasteiger charge is 2.20. The second-order valence-corrected chi connectivity index (χ2v) is 7.00. The van der Waals surface area contributed by atoms with Crippen molar-refractivity contribution in [3.05, 3.63) is 70.2 Å². The first-order valence-corrected chi connectivity index (χ1v) is 9.31. The Hall–Kier alpha value is -2.97. The number of nitrogens with zero attached hydrogens (tertiary/aromatic N) is 5. The highest BCUT2D eigenvalue weighted by molar-refractivity contribution is 5.44. The summed E-state index contributed by atoms with van der Waals surface area (Å²) in [5, 5.41) is 11.1. The molecule has 1 fully saturated rings. The second kappa shape index (κ2) is 7.95. The van der Waals surface area contributed by atoms with E-state index in [1.54, 1.807) is 19.2 Å². The van der Waals surface area contributed by atoms with Crippen LogP contribution in [0.3, 0.4) is 0 Å². The molecule has 0 radical (unpaired) electrons. The van der Waals surface area contributed by atoms with Crippen molar-refractivity contribution in [2.24, 2.45) is 0 Å². The third kappa shape index (κ3) is 3.97. The largest absolute Gasteiger partial charge is 0.496 e. The summed E-state index contributed by atoms with van der Waals surface area (Å²) in [4.78, 5) is 20.1. The Kier molecular flexibility index (Phi) is 5.23. The van der Waals surface area contributed by atoms with Crippen LogP contribution in [0.25, 0.3) is 5.65 Å². The lowest BCUT2D eigenvalue weighted by atomic mass is 10.1. The summed E-state index contributed by atoms with van der Waals surface area (Å²) in [5.74, 6) is 0.692. The summed E-state index contributed by atoms with van der Waals surface area (Å²) >= 11 is 0. The molecule has 1 aliphatic rings. The molecule has 0 N–H and O–H groups in total. The lowest BCUT2D eigenvalue weighted by Gasteiger charge is -2.34. The molecule has 3 heterocycles. The zero-order valence-electron chi connectivity index (χ0n) is 15.8. The number of imidazole rings is 1. The van der Waals surface area contributed by atoms with Crippen molar-refractivity contribution in [1.82, 2.24) is 19.2 Å². The van der Waals surface area contributed by atoms with Gasteiger partial charge < -0.3 is 9.14 Å². The van der Waals surface area contributed by atoms with Gasteiger partial charge in [-0.25, -0.2) is 4.98 Å². The van der Waals surface area contributed by atoms with Crippen molar-refractivity contribution in [3.63, 3.8) is 0 Å². The fourth-order valence-electron chi connectivity index (χ4n) is 3.64. The van der Waals surface area contributed by atoms with Gasteiger partial charge >= 0.3 is 0 Å². The molecule has 0 saturated carbocycles. The number of nitro benzene ring substituents is 1. The smallest absolute Gasteiger partial charge is 0.270 e. The first-order chi connectivity index (χ1) is 13.6. The number of hydrogen-bond acceptors (Lipinski definition) is 6. The van der Waals surface area contributed by atoms with E-state index < -0.39 is 0 Å². The summed E-state index contributed by atoms with van der Waals surface area (Å²) in [6.07, 6.45) is 4.09. The Bertz CT molecular complexity index is 946. The van der Waals surface area contributed by atoms with Crippen LogP contribution >= 0.6 is 0 Å². The number of fused-ring (bicyclic) bond motifs is 1. The summed E-state index contributed by atoms with van der Waals surface area (Å²) in [6, 6.07) is 10.8. The molecule has 0 unspecified atom stereocenters. The fraction of sp³-hybridized carbons (Fsp3) is 0.350. The third-order valence-corrected chi connectivity index (χ3v) is 5.13. The van der Waals surface area contributed by atoms with Crippen LogP contribution in [0.5, 0.6) is 5.75 Å². The van der Waals surface area contributed by atoms with Gasteiger partial charge in [0.25, 0.3) is 5.69 Å². The molecule has 28 heavy (non-hydrogen) atoms. The minimum atomic E-state index is -0.365. The minimum Gasteiger partial charge on any atom is -0.496 e. The van der Waals surface area contributed by atoms with Crippen molar-refractivity contribution in [1.29, 1.82) is 0 Å². The zero-order chi connectivity index (χ0) is 19.5. The maximum Gasteiger partial charge on any atom is 0.270 e. The SMILES string of the molecule is COc1ccc([N+](=O)[O-])cc1CN1CCN(Cc2cn3ccccc3n2)CC1. The van der Waals surface area contributed by atoms with Crippen molar-refractivity contribution in [3.8, 4) is 5.75 Å². The van der Waals surface area contributed by atoms with Crippen LogP contribution < -0.4 is 4.74 Å². The third-order valence-electron chi connectivity index (χ3n) is 5.13. The summed E-state index contributed by atoms with van der Waals surface area (Å²) < 4.78 is 7.42. The number of pyridine rings is 1. The number of nitro groups is 1. The van der Waals surface area contributed by atoms with E-state index in [0.717, 1.165) is 49.6 Å². The average molecular weight is 381 g/mol. The minimum absolute atomic E-state index is 0.0984. The highest BCUT2D eigenvalue weighted by atomic mass is 16.6. The van der Waals surface area contributed by atoms with Crippen LogP contribution in [0.2, 0.25) is 0 Å². The van der Waals surface area contributed by atoms with Crippen molar-refractivity contribution in [2.45, 2.75) is 13.1 Å². The van der Waals surface area contributed by atoms with E-state index in [4.69, 9.17) is 4.74 Å². The number of ether oxygens (including phenoxy) is 1. The average Bonchev–Trinajstić information content (AvgIpc) is 3.11. The Morgan fingerprint density at radius 2 is 1.86 bits per heavy atom. The molecule has 0 atom stereocenters. The lowest BCUT2D eigenvalue weighted by Crippen LogP contribution is -2.45. The van der Waals surface area contributed by atoms with Gasteiger partial charge in [0.2, 0.25) is 0 Å². The maximum atomic E-state index is 11.1. The lowest BCUT2D eigenvalue weighted by molar-refractivity contribution is -0.385. The number of benzene rings is 1. The second-order valence-electron chi connectivity index (χ2n) is 7.00. The van der Waals surface area contributed by atoms with Gasteiger partial charge in [0.15, 0.2) is 0 Å². The predicted octanol–water partition coefficient (Wildman–Crippen LogP) is 2.57. The summed E-state index contributed by atoms with van der Waals surface area (Å²) in [6.45, 7) is 5.15. The summed E-state index contributed by atoms with van der Waals surface area (Å²) in [5.41, 5.74) is 2.99. The first kappa shape index (κ1) is 18.4. The predicted molar refractivity (Wildman–Crippen MR) is 105 cm³/mol. The molecule has 1 aromatic carbocycles. The normalized spacial score (nSPS) is 15.8. The zero-order valence-corrected chi connectivity index (χ0v) is 15.8. The van der Waals surface area contributed by atoms with Gasteiger partial charge in [-0.15, -0.1) is 0 Å². The number of non-ortho nitro benzene ring substituents is 1. The van der Waals surface area contributed by atoms with Gasteiger partial charge in [-0.3, -0.25) is 19.9 Å². The van der Waals surface area contributed by atoms with Crippen LogP contribution in [0.15, 0.2) is 48.8 Å². The Morgan fingerprint density at radius 3 is 2.54 bits per heavy atom. The van der Waals surface area contributed by atoms with Crippen LogP contribution in [-0.4, -0.2) is 57.4 Å². The highest BCUT2D eigenvalue weighted by Crippen LogP contribution is 2.25. The molecule has 0 bridgehead atoms. The molecule has 2 aromatic heterocycles. The number of hydrogen-bond donors (Lipinski definition) is 0. The monoisotopic (exact) mass is 381 g/mol. The standard InChI is InChI=1S/C20H23N5O3/c1-28-19-6-5-18(25(26)27)12-16(19)13-22-8-10-23(11-9-22)14-17-15-24-7-3-2-4-20(24)21-17/h2-7,12,15H,8-11,13-14H2,1H3. The molecule has 0 aliphatic carbocycles. The van der Waals surface area contributed by atoms with Crippen molar-refractivity contribution in [2.75, 3.05) is 33.3 Å². The molecule has 4 rings (SSSR count). The Labute approximate surface area is 163 Å². The van der Waals surface area contributed by atoms with E-state index in [2.05, 4.69) is 21.0 Å². The van der Waals surface area contributed by atoms with E-state index in [0.29, 0.717) is 12.3 Å². The van der Waals surface area contributed by atoms with E-state index in [-0.39, 0.29) is 10.6 Å². The van der Waals surface area contributed by atoms with Gasteiger partial charge in [0.1, 0.15) is 11.4 Å². The van der Waals surface area contributed by atoms with Gasteiger partial charge in [0, 0.05) is 69.4 Å². The molecule has 3 aromatic rings. The first-order valence-electron chi connectivity index (χ1n) is 9.31. The van der Waals surface area contributed by atoms with E-state index in [1.165, 1.54) is 6.07 Å². The molecule has 146 valence electrons. The Balaban J connectivity index is 1.36. The van der Waals surface area contributed by atoms with Gasteiger partial charge in [0.05, 0.1) is 17.7 Å². The Morgan fingerprint density at radius 1 is 1.11 bits per heavy atom. The molecule has 1 aliphatic heterocycles. The topological polar surface area (TPSA) is 76.2 Å². The van der Waals surface area contributed by atoms with Gasteiger partial charge in [-0.1, -0.05) is 6.07 Å². The molecule has 8 nitrogen and oxygen atoms in total. The van der Waals surface area contributed by atoms with E-state index >= 15 is 0 Å². The van der Waals surface area contributed by atoms with Crippen molar-refractivity contribution >= 4 is 11.3 Å². The van der Waals surface area contributed by atoms with E-state index in [1.807, 2.05) is 28.8 Å². The van der Waals surface area contributed by atoms with Gasteiger partial charge in [-0.2, -0.15) is 0 Å². The van der Waals surface area contributed by atoms with Gasteiger partial charge in [-0.05, 0) is 18.2 Å². The van der Waals surface area contributed by atoms with Crippen molar-refractivity contribution < 1.29 is 9.66 Å². The van der Waals surface area contributed by atoms with Crippen LogP contribution in [-0.2, 0) is 13.1 Å². The fourth-order valence-corrected chi connectivity index (χ4v) is 3.64. The number of aromatic nitrogens is 2. The summed E-state index contributed by atoms with van der Waals surface area (Å²) in [7, 11) is 1.59. The molecular formula is C20H23N5O3. The quantitative estimate of drug-likeness (QED) is 0.483. The molecule has 8 heteroatoms. The number of methoxy groups -OCH3 is 1. The molecule has 1 saturated heterocycles. The van der Waals surface area contributed by atoms with Crippen LogP contribution in [0.4, 0.5) is 5.69 Å². The van der Waals surface area contributed by atoms with Crippen LogP contribution in [0.1, 0.15) is 11.3 Å².